The van der Waals surface area contributed by atoms with Crippen molar-refractivity contribution in [2.75, 3.05) is 0 Å². The van der Waals surface area contributed by atoms with Crippen molar-refractivity contribution in [3.8, 4) is 11.4 Å². The van der Waals surface area contributed by atoms with E-state index in [9.17, 15) is 4.79 Å². The van der Waals surface area contributed by atoms with Gasteiger partial charge in [-0.25, -0.2) is 4.98 Å². The lowest BCUT2D eigenvalue weighted by atomic mass is 10.1. The molecule has 2 heterocycles. The number of fused-ring (bicyclic) bond motifs is 1. The van der Waals surface area contributed by atoms with Gasteiger partial charge in [0.15, 0.2) is 11.0 Å². The van der Waals surface area contributed by atoms with Crippen molar-refractivity contribution >= 4 is 22.7 Å². The Labute approximate surface area is 207 Å². The normalized spacial score (nSPS) is 11.2. The largest absolute Gasteiger partial charge is 0.485 e. The molecule has 0 N–H and O–H groups in total. The minimum atomic E-state index is -0.0570. The number of hydrogen-bond donors (Lipinski definition) is 0. The van der Waals surface area contributed by atoms with Gasteiger partial charge in [0, 0.05) is 12.7 Å². The zero-order valence-corrected chi connectivity index (χ0v) is 20.6. The van der Waals surface area contributed by atoms with Crippen molar-refractivity contribution in [2.24, 2.45) is 7.05 Å². The van der Waals surface area contributed by atoms with Crippen LogP contribution in [0.25, 0.3) is 16.6 Å². The summed E-state index contributed by atoms with van der Waals surface area (Å²) in [6, 6.07) is 23.5. The van der Waals surface area contributed by atoms with Crippen LogP contribution in [0.15, 0.2) is 82.7 Å². The first-order valence-corrected chi connectivity index (χ1v) is 12.3. The van der Waals surface area contributed by atoms with Crippen LogP contribution in [0.2, 0.25) is 0 Å². The molecule has 0 radical (unpaired) electrons. The summed E-state index contributed by atoms with van der Waals surface area (Å²) in [5.41, 5.74) is 3.74. The van der Waals surface area contributed by atoms with Crippen molar-refractivity contribution < 1.29 is 4.74 Å². The summed E-state index contributed by atoms with van der Waals surface area (Å²) >= 11 is 1.49. The van der Waals surface area contributed by atoms with Gasteiger partial charge in [-0.15, -0.1) is 10.2 Å². The highest BCUT2D eigenvalue weighted by Crippen LogP contribution is 2.27. The molecule has 0 aliphatic rings. The molecule has 7 nitrogen and oxygen atoms in total. The Balaban J connectivity index is 1.46. The van der Waals surface area contributed by atoms with E-state index in [1.807, 2.05) is 85.1 Å². The quantitative estimate of drug-likeness (QED) is 0.303. The monoisotopic (exact) mass is 483 g/mol. The van der Waals surface area contributed by atoms with Crippen molar-refractivity contribution in [1.82, 2.24) is 24.3 Å². The van der Waals surface area contributed by atoms with Crippen LogP contribution in [-0.4, -0.2) is 24.3 Å². The van der Waals surface area contributed by atoms with E-state index in [1.54, 1.807) is 17.7 Å². The summed E-state index contributed by atoms with van der Waals surface area (Å²) in [7, 11) is 1.75. The molecule has 176 valence electrons. The molecule has 5 aromatic rings. The number of hydrogen-bond acceptors (Lipinski definition) is 6. The van der Waals surface area contributed by atoms with Crippen LogP contribution in [0.5, 0.6) is 5.75 Å². The van der Waals surface area contributed by atoms with Gasteiger partial charge in [-0.3, -0.25) is 13.9 Å². The summed E-state index contributed by atoms with van der Waals surface area (Å²) in [4.78, 5) is 17.5. The zero-order chi connectivity index (χ0) is 24.4. The van der Waals surface area contributed by atoms with Crippen molar-refractivity contribution in [1.29, 1.82) is 0 Å². The molecule has 0 aliphatic heterocycles. The average Bonchev–Trinajstić information content (AvgIpc) is 3.28. The van der Waals surface area contributed by atoms with Crippen LogP contribution in [0.4, 0.5) is 0 Å². The second-order valence-corrected chi connectivity index (χ2v) is 9.22. The molecule has 0 bridgehead atoms. The Morgan fingerprint density at radius 2 is 1.57 bits per heavy atom. The van der Waals surface area contributed by atoms with Gasteiger partial charge in [0.1, 0.15) is 18.2 Å². The number of aryl methyl sites for hydroxylation is 2. The third-order valence-electron chi connectivity index (χ3n) is 5.88. The lowest BCUT2D eigenvalue weighted by Gasteiger charge is -2.14. The minimum absolute atomic E-state index is 0.0570. The first-order chi connectivity index (χ1) is 17.0. The van der Waals surface area contributed by atoms with Gasteiger partial charge >= 0.3 is 0 Å². The van der Waals surface area contributed by atoms with Gasteiger partial charge in [-0.05, 0) is 49.2 Å². The maximum Gasteiger partial charge on any atom is 0.261 e. The maximum absolute atomic E-state index is 12.8. The lowest BCUT2D eigenvalue weighted by Crippen LogP contribution is -2.22. The van der Waals surface area contributed by atoms with E-state index < -0.39 is 0 Å². The standard InChI is InChI=1S/C27H25N5O2S/c1-18-10-9-11-19(2)25(18)34-16-23-29-30-27(32(23)20-12-5-4-6-13-20)35-17-24-28-22-15-8-7-14-21(22)26(33)31(24)3/h4-15H,16-17H2,1-3H3. The van der Waals surface area contributed by atoms with Gasteiger partial charge in [-0.1, -0.05) is 60.3 Å². The summed E-state index contributed by atoms with van der Waals surface area (Å²) in [5.74, 6) is 2.70. The zero-order valence-electron chi connectivity index (χ0n) is 19.8. The molecule has 5 rings (SSSR count). The van der Waals surface area contributed by atoms with Crippen LogP contribution in [0.3, 0.4) is 0 Å². The number of aromatic nitrogens is 5. The highest BCUT2D eigenvalue weighted by Gasteiger charge is 2.17. The van der Waals surface area contributed by atoms with E-state index in [4.69, 9.17) is 9.72 Å². The summed E-state index contributed by atoms with van der Waals surface area (Å²) in [6.07, 6.45) is 0. The lowest BCUT2D eigenvalue weighted by molar-refractivity contribution is 0.289. The molecule has 3 aromatic carbocycles. The molecular formula is C27H25N5O2S. The number of thioether (sulfide) groups is 1. The molecule has 0 saturated carbocycles. The smallest absolute Gasteiger partial charge is 0.261 e. The van der Waals surface area contributed by atoms with Crippen LogP contribution < -0.4 is 10.3 Å². The second-order valence-electron chi connectivity index (χ2n) is 8.28. The Morgan fingerprint density at radius 1 is 0.857 bits per heavy atom. The molecule has 0 saturated heterocycles. The van der Waals surface area contributed by atoms with Crippen LogP contribution in [-0.2, 0) is 19.4 Å². The maximum atomic E-state index is 12.8. The molecule has 0 atom stereocenters. The molecule has 0 fully saturated rings. The molecule has 0 amide bonds. The molecule has 0 unspecified atom stereocenters. The van der Waals surface area contributed by atoms with Crippen LogP contribution >= 0.6 is 11.8 Å². The van der Waals surface area contributed by atoms with E-state index in [-0.39, 0.29) is 12.2 Å². The minimum Gasteiger partial charge on any atom is -0.485 e. The Hall–Kier alpha value is -3.91. The number of ether oxygens (including phenoxy) is 1. The summed E-state index contributed by atoms with van der Waals surface area (Å²) < 4.78 is 9.78. The highest BCUT2D eigenvalue weighted by atomic mass is 32.2. The molecule has 0 spiro atoms. The molecule has 35 heavy (non-hydrogen) atoms. The molecular weight excluding hydrogens is 458 g/mol. The Kier molecular flexibility index (Phi) is 6.37. The van der Waals surface area contributed by atoms with Gasteiger partial charge in [0.25, 0.3) is 5.56 Å². The highest BCUT2D eigenvalue weighted by molar-refractivity contribution is 7.98. The Bertz CT molecular complexity index is 1540. The van der Waals surface area contributed by atoms with Crippen molar-refractivity contribution in [3.63, 3.8) is 0 Å². The van der Waals surface area contributed by atoms with Gasteiger partial charge in [0.05, 0.1) is 16.7 Å². The van der Waals surface area contributed by atoms with E-state index in [0.717, 1.165) is 22.6 Å². The fourth-order valence-electron chi connectivity index (χ4n) is 4.01. The van der Waals surface area contributed by atoms with Gasteiger partial charge in [-0.2, -0.15) is 0 Å². The third-order valence-corrected chi connectivity index (χ3v) is 6.80. The SMILES string of the molecule is Cc1cccc(C)c1OCc1nnc(SCc2nc3ccccc3c(=O)n2C)n1-c1ccccc1. The number of nitrogens with zero attached hydrogens (tertiary/aromatic N) is 5. The Morgan fingerprint density at radius 3 is 2.34 bits per heavy atom. The number of benzene rings is 3. The van der Waals surface area contributed by atoms with Gasteiger partial charge < -0.3 is 4.74 Å². The van der Waals surface area contributed by atoms with Crippen LogP contribution in [0, 0.1) is 13.8 Å². The van der Waals surface area contributed by atoms with E-state index in [0.29, 0.717) is 33.5 Å². The predicted octanol–water partition coefficient (Wildman–Crippen LogP) is 5.00. The summed E-state index contributed by atoms with van der Waals surface area (Å²) in [6.45, 7) is 4.35. The first-order valence-electron chi connectivity index (χ1n) is 11.3. The fraction of sp³-hybridized carbons (Fsp3) is 0.185. The van der Waals surface area contributed by atoms with Crippen molar-refractivity contribution in [2.45, 2.75) is 31.4 Å². The van der Waals surface area contributed by atoms with Crippen molar-refractivity contribution in [3.05, 3.63) is 106 Å². The third kappa shape index (κ3) is 4.57. The van der Waals surface area contributed by atoms with E-state index in [2.05, 4.69) is 10.2 Å². The predicted molar refractivity (Wildman–Crippen MR) is 138 cm³/mol. The first kappa shape index (κ1) is 22.9. The molecule has 0 aliphatic carbocycles. The average molecular weight is 484 g/mol. The van der Waals surface area contributed by atoms with E-state index >= 15 is 0 Å². The topological polar surface area (TPSA) is 74.8 Å². The fourth-order valence-corrected chi connectivity index (χ4v) is 4.96. The van der Waals surface area contributed by atoms with Crippen LogP contribution in [0.1, 0.15) is 22.8 Å². The molecule has 8 heteroatoms. The number of rotatable bonds is 7. The summed E-state index contributed by atoms with van der Waals surface area (Å²) in [5, 5.41) is 10.2. The van der Waals surface area contributed by atoms with E-state index in [1.165, 1.54) is 11.8 Å². The second kappa shape index (κ2) is 9.76. The number of para-hydroxylation sites is 3. The molecule has 2 aromatic heterocycles. The van der Waals surface area contributed by atoms with Gasteiger partial charge in [0.2, 0.25) is 0 Å².